The van der Waals surface area contributed by atoms with E-state index < -0.39 is 5.82 Å². The van der Waals surface area contributed by atoms with Gasteiger partial charge in [-0.05, 0) is 36.4 Å². The second kappa shape index (κ2) is 9.02. The second-order valence-corrected chi connectivity index (χ2v) is 5.82. The maximum atomic E-state index is 13.0. The fraction of sp³-hybridized carbons (Fsp3) is 0.176. The van der Waals surface area contributed by atoms with Gasteiger partial charge in [-0.1, -0.05) is 22.0 Å². The Morgan fingerprint density at radius 1 is 1.08 bits per heavy atom. The van der Waals surface area contributed by atoms with Crippen LogP contribution in [-0.2, 0) is 9.59 Å². The average Bonchev–Trinajstić information content (AvgIpc) is 2.55. The number of carbonyl (C=O) groups is 2. The topological polar surface area (TPSA) is 67.4 Å². The highest BCUT2D eigenvalue weighted by atomic mass is 79.9. The molecular weight excluding hydrogens is 379 g/mol. The fourth-order valence-electron chi connectivity index (χ4n) is 1.83. The number of nitrogens with one attached hydrogen (secondary N) is 2. The summed E-state index contributed by atoms with van der Waals surface area (Å²) in [6, 6.07) is 12.7. The number of hydrogen-bond donors (Lipinski definition) is 2. The van der Waals surface area contributed by atoms with Crippen molar-refractivity contribution < 1.29 is 18.7 Å². The van der Waals surface area contributed by atoms with Crippen LogP contribution in [0.15, 0.2) is 53.0 Å². The molecule has 2 rings (SSSR count). The van der Waals surface area contributed by atoms with Gasteiger partial charge in [0.1, 0.15) is 11.6 Å². The molecule has 2 aromatic carbocycles. The van der Waals surface area contributed by atoms with Crippen LogP contribution < -0.4 is 15.4 Å². The molecule has 2 amide bonds. The van der Waals surface area contributed by atoms with E-state index in [1.54, 1.807) is 18.2 Å². The third kappa shape index (κ3) is 6.37. The highest BCUT2D eigenvalue weighted by molar-refractivity contribution is 9.10. The van der Waals surface area contributed by atoms with E-state index in [2.05, 4.69) is 26.6 Å². The summed E-state index contributed by atoms with van der Waals surface area (Å²) in [5.41, 5.74) is 0.684. The van der Waals surface area contributed by atoms with Crippen LogP contribution in [0.1, 0.15) is 6.42 Å². The molecule has 2 aromatic rings. The number of hydrogen-bond acceptors (Lipinski definition) is 3. The van der Waals surface area contributed by atoms with Crippen molar-refractivity contribution in [2.24, 2.45) is 0 Å². The van der Waals surface area contributed by atoms with Crippen molar-refractivity contribution >= 4 is 33.4 Å². The lowest BCUT2D eigenvalue weighted by Gasteiger charge is -2.08. The van der Waals surface area contributed by atoms with E-state index in [1.165, 1.54) is 18.2 Å². The number of anilines is 1. The SMILES string of the molecule is O=C(COc1cccc(F)c1)NCCC(=O)Nc1ccc(Br)cc1. The molecule has 0 aliphatic rings. The third-order valence-electron chi connectivity index (χ3n) is 2.97. The second-order valence-electron chi connectivity index (χ2n) is 4.90. The molecule has 0 aliphatic carbocycles. The quantitative estimate of drug-likeness (QED) is 0.757. The molecule has 7 heteroatoms. The maximum absolute atomic E-state index is 13.0. The summed E-state index contributed by atoms with van der Waals surface area (Å²) in [5, 5.41) is 5.29. The zero-order chi connectivity index (χ0) is 17.4. The molecular formula is C17H16BrFN2O3. The zero-order valence-corrected chi connectivity index (χ0v) is 14.3. The summed E-state index contributed by atoms with van der Waals surface area (Å²) in [4.78, 5) is 23.4. The predicted octanol–water partition coefficient (Wildman–Crippen LogP) is 3.11. The lowest BCUT2D eigenvalue weighted by molar-refractivity contribution is -0.123. The van der Waals surface area contributed by atoms with Crippen molar-refractivity contribution in [3.8, 4) is 5.75 Å². The third-order valence-corrected chi connectivity index (χ3v) is 3.50. The van der Waals surface area contributed by atoms with Crippen LogP contribution >= 0.6 is 15.9 Å². The van der Waals surface area contributed by atoms with E-state index >= 15 is 0 Å². The molecule has 0 heterocycles. The first-order chi connectivity index (χ1) is 11.5. The van der Waals surface area contributed by atoms with Crippen LogP contribution in [-0.4, -0.2) is 25.0 Å². The number of halogens is 2. The number of amides is 2. The number of ether oxygens (including phenoxy) is 1. The molecule has 0 radical (unpaired) electrons. The molecule has 126 valence electrons. The van der Waals surface area contributed by atoms with Gasteiger partial charge in [0.2, 0.25) is 5.91 Å². The van der Waals surface area contributed by atoms with Gasteiger partial charge in [0, 0.05) is 29.2 Å². The molecule has 0 spiro atoms. The summed E-state index contributed by atoms with van der Waals surface area (Å²) in [7, 11) is 0. The van der Waals surface area contributed by atoms with Gasteiger partial charge in [-0.2, -0.15) is 0 Å². The summed E-state index contributed by atoms with van der Waals surface area (Å²) in [6.07, 6.45) is 0.141. The predicted molar refractivity (Wildman–Crippen MR) is 92.3 cm³/mol. The van der Waals surface area contributed by atoms with Crippen molar-refractivity contribution in [1.29, 1.82) is 0 Å². The number of benzene rings is 2. The summed E-state index contributed by atoms with van der Waals surface area (Å²) >= 11 is 3.31. The van der Waals surface area contributed by atoms with Gasteiger partial charge < -0.3 is 15.4 Å². The molecule has 0 saturated carbocycles. The Balaban J connectivity index is 1.65. The Morgan fingerprint density at radius 3 is 2.54 bits per heavy atom. The first kappa shape index (κ1) is 17.9. The molecule has 2 N–H and O–H groups in total. The Kier molecular flexibility index (Phi) is 6.74. The van der Waals surface area contributed by atoms with Crippen molar-refractivity contribution in [2.75, 3.05) is 18.5 Å². The average molecular weight is 395 g/mol. The summed E-state index contributed by atoms with van der Waals surface area (Å²) < 4.78 is 19.0. The van der Waals surface area contributed by atoms with E-state index in [0.717, 1.165) is 4.47 Å². The lowest BCUT2D eigenvalue weighted by atomic mass is 10.3. The molecule has 0 saturated heterocycles. The Labute approximate surface area is 147 Å². The van der Waals surface area contributed by atoms with Crippen LogP contribution in [0, 0.1) is 5.82 Å². The van der Waals surface area contributed by atoms with Crippen molar-refractivity contribution in [1.82, 2.24) is 5.32 Å². The molecule has 0 aromatic heterocycles. The fourth-order valence-corrected chi connectivity index (χ4v) is 2.09. The standard InChI is InChI=1S/C17H16BrFN2O3/c18-12-4-6-14(7-5-12)21-16(22)8-9-20-17(23)11-24-15-3-1-2-13(19)10-15/h1-7,10H,8-9,11H2,(H,20,23)(H,21,22). The smallest absolute Gasteiger partial charge is 0.257 e. The van der Waals surface area contributed by atoms with Crippen molar-refractivity contribution in [3.63, 3.8) is 0 Å². The minimum atomic E-state index is -0.433. The minimum absolute atomic E-state index is 0.141. The minimum Gasteiger partial charge on any atom is -0.484 e. The van der Waals surface area contributed by atoms with Gasteiger partial charge in [-0.3, -0.25) is 9.59 Å². The number of carbonyl (C=O) groups excluding carboxylic acids is 2. The van der Waals surface area contributed by atoms with Crippen molar-refractivity contribution in [2.45, 2.75) is 6.42 Å². The van der Waals surface area contributed by atoms with E-state index in [0.29, 0.717) is 5.69 Å². The van der Waals surface area contributed by atoms with E-state index in [4.69, 9.17) is 4.74 Å². The highest BCUT2D eigenvalue weighted by Gasteiger charge is 2.06. The van der Waals surface area contributed by atoms with E-state index in [1.807, 2.05) is 12.1 Å². The molecule has 0 aliphatic heterocycles. The Morgan fingerprint density at radius 2 is 1.83 bits per heavy atom. The highest BCUT2D eigenvalue weighted by Crippen LogP contribution is 2.14. The lowest BCUT2D eigenvalue weighted by Crippen LogP contribution is -2.31. The van der Waals surface area contributed by atoms with Gasteiger partial charge >= 0.3 is 0 Å². The summed E-state index contributed by atoms with van der Waals surface area (Å²) in [5.74, 6) is -0.741. The molecule has 5 nitrogen and oxygen atoms in total. The largest absolute Gasteiger partial charge is 0.484 e. The normalized spacial score (nSPS) is 10.1. The first-order valence-corrected chi connectivity index (χ1v) is 8.03. The molecule has 0 bridgehead atoms. The maximum Gasteiger partial charge on any atom is 0.257 e. The van der Waals surface area contributed by atoms with E-state index in [-0.39, 0.29) is 37.1 Å². The molecule has 0 unspecified atom stereocenters. The van der Waals surface area contributed by atoms with E-state index in [9.17, 15) is 14.0 Å². The van der Waals surface area contributed by atoms with Crippen LogP contribution in [0.4, 0.5) is 10.1 Å². The van der Waals surface area contributed by atoms with Gasteiger partial charge in [-0.25, -0.2) is 4.39 Å². The summed E-state index contributed by atoms with van der Waals surface area (Å²) in [6.45, 7) is -0.0501. The van der Waals surface area contributed by atoms with Crippen molar-refractivity contribution in [3.05, 3.63) is 58.8 Å². The Bertz CT molecular complexity index is 707. The van der Waals surface area contributed by atoms with Gasteiger partial charge in [0.25, 0.3) is 5.91 Å². The monoisotopic (exact) mass is 394 g/mol. The number of rotatable bonds is 7. The first-order valence-electron chi connectivity index (χ1n) is 7.23. The van der Waals surface area contributed by atoms with Crippen LogP contribution in [0.2, 0.25) is 0 Å². The molecule has 0 atom stereocenters. The van der Waals surface area contributed by atoms with Crippen LogP contribution in [0.3, 0.4) is 0 Å². The zero-order valence-electron chi connectivity index (χ0n) is 12.7. The molecule has 24 heavy (non-hydrogen) atoms. The van der Waals surface area contributed by atoms with Gasteiger partial charge in [0.05, 0.1) is 0 Å². The van der Waals surface area contributed by atoms with Gasteiger partial charge in [-0.15, -0.1) is 0 Å². The van der Waals surface area contributed by atoms with Gasteiger partial charge in [0.15, 0.2) is 6.61 Å². The van der Waals surface area contributed by atoms with Crippen LogP contribution in [0.5, 0.6) is 5.75 Å². The Hall–Kier alpha value is -2.41. The van der Waals surface area contributed by atoms with Crippen LogP contribution in [0.25, 0.3) is 0 Å². The molecule has 0 fully saturated rings.